The molecule has 0 N–H and O–H groups in total. The molecule has 0 saturated heterocycles. The van der Waals surface area contributed by atoms with Gasteiger partial charge in [0.2, 0.25) is 11.6 Å². The minimum Gasteiger partial charge on any atom is -0.493 e. The third-order valence-corrected chi connectivity index (χ3v) is 4.87. The van der Waals surface area contributed by atoms with Gasteiger partial charge in [0.25, 0.3) is 5.89 Å². The van der Waals surface area contributed by atoms with Crippen molar-refractivity contribution >= 4 is 0 Å². The van der Waals surface area contributed by atoms with E-state index in [1.807, 2.05) is 12.1 Å². The van der Waals surface area contributed by atoms with Crippen molar-refractivity contribution in [3.05, 3.63) is 42.0 Å². The lowest BCUT2D eigenvalue weighted by Crippen LogP contribution is -1.96. The molecule has 2 aromatic carbocycles. The topological polar surface area (TPSA) is 66.6 Å². The molecule has 0 aliphatic rings. The number of aromatic nitrogens is 2. The first kappa shape index (κ1) is 20.7. The Kier molecular flexibility index (Phi) is 7.11. The number of ether oxygens (including phenoxy) is 3. The van der Waals surface area contributed by atoms with Crippen LogP contribution in [0, 0.1) is 0 Å². The van der Waals surface area contributed by atoms with Gasteiger partial charge in [-0.25, -0.2) is 0 Å². The molecule has 3 rings (SSSR count). The van der Waals surface area contributed by atoms with Gasteiger partial charge in [-0.1, -0.05) is 43.5 Å². The van der Waals surface area contributed by atoms with Crippen LogP contribution in [0.25, 0.3) is 22.8 Å². The van der Waals surface area contributed by atoms with Crippen LogP contribution in [0.4, 0.5) is 0 Å². The number of hydrogen-bond acceptors (Lipinski definition) is 6. The predicted molar refractivity (Wildman–Crippen MR) is 113 cm³/mol. The molecule has 3 aromatic rings. The Hall–Kier alpha value is -3.02. The maximum absolute atomic E-state index is 5.49. The van der Waals surface area contributed by atoms with E-state index in [-0.39, 0.29) is 0 Å². The van der Waals surface area contributed by atoms with Crippen LogP contribution in [0.2, 0.25) is 0 Å². The molecule has 29 heavy (non-hydrogen) atoms. The number of unbranched alkanes of at least 4 members (excludes halogenated alkanes) is 3. The van der Waals surface area contributed by atoms with E-state index in [2.05, 4.69) is 29.2 Å². The van der Waals surface area contributed by atoms with Crippen molar-refractivity contribution in [1.29, 1.82) is 0 Å². The van der Waals surface area contributed by atoms with Crippen molar-refractivity contribution in [2.45, 2.75) is 39.0 Å². The lowest BCUT2D eigenvalue weighted by Gasteiger charge is -2.12. The van der Waals surface area contributed by atoms with Gasteiger partial charge in [0.15, 0.2) is 11.5 Å². The lowest BCUT2D eigenvalue weighted by molar-refractivity contribution is 0.324. The summed E-state index contributed by atoms with van der Waals surface area (Å²) >= 11 is 0. The highest BCUT2D eigenvalue weighted by Crippen LogP contribution is 2.40. The molecule has 0 saturated carbocycles. The molecule has 0 spiro atoms. The van der Waals surface area contributed by atoms with Crippen molar-refractivity contribution in [1.82, 2.24) is 10.1 Å². The number of hydrogen-bond donors (Lipinski definition) is 0. The molecule has 0 atom stereocenters. The monoisotopic (exact) mass is 396 g/mol. The van der Waals surface area contributed by atoms with Crippen LogP contribution in [0.1, 0.15) is 38.2 Å². The van der Waals surface area contributed by atoms with E-state index in [4.69, 9.17) is 18.7 Å². The third kappa shape index (κ3) is 4.88. The van der Waals surface area contributed by atoms with Crippen molar-refractivity contribution in [2.75, 3.05) is 21.3 Å². The minimum atomic E-state index is 0.461. The second-order valence-corrected chi connectivity index (χ2v) is 6.84. The first-order valence-corrected chi connectivity index (χ1v) is 9.93. The van der Waals surface area contributed by atoms with Gasteiger partial charge in [-0.05, 0) is 42.7 Å². The van der Waals surface area contributed by atoms with Crippen LogP contribution in [-0.4, -0.2) is 31.5 Å². The Morgan fingerprint density at radius 3 is 2.10 bits per heavy atom. The highest BCUT2D eigenvalue weighted by molar-refractivity contribution is 5.67. The Labute approximate surface area is 171 Å². The zero-order valence-electron chi connectivity index (χ0n) is 17.5. The summed E-state index contributed by atoms with van der Waals surface area (Å²) in [6, 6.07) is 11.9. The van der Waals surface area contributed by atoms with E-state index in [0.717, 1.165) is 17.5 Å². The molecule has 0 unspecified atom stereocenters. The maximum Gasteiger partial charge on any atom is 0.258 e. The highest BCUT2D eigenvalue weighted by Gasteiger charge is 2.17. The van der Waals surface area contributed by atoms with E-state index in [1.165, 1.54) is 31.2 Å². The molecule has 0 aliphatic heterocycles. The summed E-state index contributed by atoms with van der Waals surface area (Å²) in [6.45, 7) is 2.23. The molecule has 0 bridgehead atoms. The smallest absolute Gasteiger partial charge is 0.258 e. The molecule has 6 nitrogen and oxygen atoms in total. The fourth-order valence-corrected chi connectivity index (χ4v) is 3.24. The predicted octanol–water partition coefficient (Wildman–Crippen LogP) is 5.55. The Morgan fingerprint density at radius 2 is 1.52 bits per heavy atom. The van der Waals surface area contributed by atoms with Crippen LogP contribution in [0.15, 0.2) is 40.9 Å². The highest BCUT2D eigenvalue weighted by atomic mass is 16.5. The maximum atomic E-state index is 5.49. The summed E-state index contributed by atoms with van der Waals surface area (Å²) in [5.74, 6) is 2.55. The van der Waals surface area contributed by atoms with Crippen LogP contribution in [-0.2, 0) is 6.42 Å². The van der Waals surface area contributed by atoms with Crippen LogP contribution < -0.4 is 14.2 Å². The van der Waals surface area contributed by atoms with Crippen LogP contribution in [0.5, 0.6) is 17.2 Å². The fraction of sp³-hybridized carbons (Fsp3) is 0.391. The molecule has 0 amide bonds. The summed E-state index contributed by atoms with van der Waals surface area (Å²) in [7, 11) is 4.72. The normalized spacial score (nSPS) is 10.8. The van der Waals surface area contributed by atoms with Crippen LogP contribution in [0.3, 0.4) is 0 Å². The van der Waals surface area contributed by atoms with Crippen molar-refractivity contribution in [3.63, 3.8) is 0 Å². The molecule has 154 valence electrons. The Balaban J connectivity index is 1.79. The first-order chi connectivity index (χ1) is 14.2. The zero-order valence-corrected chi connectivity index (χ0v) is 17.5. The van der Waals surface area contributed by atoms with Gasteiger partial charge in [-0.15, -0.1) is 0 Å². The van der Waals surface area contributed by atoms with Gasteiger partial charge < -0.3 is 18.7 Å². The van der Waals surface area contributed by atoms with Crippen molar-refractivity contribution in [3.8, 4) is 40.1 Å². The quantitative estimate of drug-likeness (QED) is 0.419. The van der Waals surface area contributed by atoms with E-state index in [9.17, 15) is 0 Å². The molecule has 0 radical (unpaired) electrons. The van der Waals surface area contributed by atoms with E-state index in [1.54, 1.807) is 33.5 Å². The first-order valence-electron chi connectivity index (χ1n) is 9.93. The lowest BCUT2D eigenvalue weighted by atomic mass is 10.0. The van der Waals surface area contributed by atoms with E-state index < -0.39 is 0 Å². The fourth-order valence-electron chi connectivity index (χ4n) is 3.24. The van der Waals surface area contributed by atoms with Gasteiger partial charge in [-0.2, -0.15) is 4.98 Å². The van der Waals surface area contributed by atoms with E-state index >= 15 is 0 Å². The number of methoxy groups -OCH3 is 3. The largest absolute Gasteiger partial charge is 0.493 e. The molecule has 0 fully saturated rings. The SMILES string of the molecule is CCCCCCc1ccc(-c2nc(-c3cc(OC)c(OC)c(OC)c3)no2)cc1. The van der Waals surface area contributed by atoms with Gasteiger partial charge in [0.1, 0.15) is 0 Å². The summed E-state index contributed by atoms with van der Waals surface area (Å²) in [5.41, 5.74) is 2.95. The van der Waals surface area contributed by atoms with Gasteiger partial charge >= 0.3 is 0 Å². The summed E-state index contributed by atoms with van der Waals surface area (Å²) < 4.78 is 21.7. The minimum absolute atomic E-state index is 0.461. The Bertz CT molecular complexity index is 894. The second-order valence-electron chi connectivity index (χ2n) is 6.84. The number of aryl methyl sites for hydroxylation is 1. The number of benzene rings is 2. The second kappa shape index (κ2) is 9.96. The van der Waals surface area contributed by atoms with Gasteiger partial charge in [0, 0.05) is 11.1 Å². The molecular weight excluding hydrogens is 368 g/mol. The standard InChI is InChI=1S/C23H28N2O4/c1-5-6-7-8-9-16-10-12-17(13-11-16)23-24-22(25-29-23)18-14-19(26-2)21(28-4)20(15-18)27-3/h10-15H,5-9H2,1-4H3. The van der Waals surface area contributed by atoms with Crippen molar-refractivity contribution < 1.29 is 18.7 Å². The number of rotatable bonds is 10. The molecule has 6 heteroatoms. The molecular formula is C23H28N2O4. The average molecular weight is 396 g/mol. The summed E-state index contributed by atoms with van der Waals surface area (Å²) in [5, 5.41) is 4.12. The third-order valence-electron chi connectivity index (χ3n) is 4.87. The van der Waals surface area contributed by atoms with Crippen LogP contribution >= 0.6 is 0 Å². The number of nitrogens with zero attached hydrogens (tertiary/aromatic N) is 2. The molecule has 1 aromatic heterocycles. The van der Waals surface area contributed by atoms with Gasteiger partial charge in [-0.3, -0.25) is 0 Å². The average Bonchev–Trinajstić information content (AvgIpc) is 3.26. The van der Waals surface area contributed by atoms with E-state index in [0.29, 0.717) is 29.0 Å². The Morgan fingerprint density at radius 1 is 0.828 bits per heavy atom. The van der Waals surface area contributed by atoms with Gasteiger partial charge in [0.05, 0.1) is 21.3 Å². The van der Waals surface area contributed by atoms with Crippen molar-refractivity contribution in [2.24, 2.45) is 0 Å². The zero-order chi connectivity index (χ0) is 20.6. The molecule has 1 heterocycles. The molecule has 0 aliphatic carbocycles. The summed E-state index contributed by atoms with van der Waals surface area (Å²) in [6.07, 6.45) is 6.15. The summed E-state index contributed by atoms with van der Waals surface area (Å²) in [4.78, 5) is 4.54.